The van der Waals surface area contributed by atoms with E-state index in [1.807, 2.05) is 37.3 Å². The molecule has 3 rings (SSSR count). The Morgan fingerprint density at radius 2 is 2.14 bits per heavy atom. The topological polar surface area (TPSA) is 49.3 Å². The van der Waals surface area contributed by atoms with Crippen LogP contribution in [0.1, 0.15) is 38.5 Å². The van der Waals surface area contributed by atoms with Crippen molar-refractivity contribution in [2.45, 2.75) is 31.8 Å². The van der Waals surface area contributed by atoms with Gasteiger partial charge in [-0.3, -0.25) is 4.79 Å². The van der Waals surface area contributed by atoms with Gasteiger partial charge < -0.3 is 10.4 Å². The molecule has 0 spiro atoms. The summed E-state index contributed by atoms with van der Waals surface area (Å²) in [5, 5.41) is 13.8. The summed E-state index contributed by atoms with van der Waals surface area (Å²) in [6, 6.07) is 11.7. The second-order valence-corrected chi connectivity index (χ2v) is 6.92. The molecule has 1 atom stereocenters. The highest BCUT2D eigenvalue weighted by Crippen LogP contribution is 2.34. The standard InChI is InChI=1S/C17H19NO2S/c1-12-8-9-15(21-12)16(19)18-11-17(20)10-4-6-13-5-2-3-7-14(13)17/h2-3,5,7-9,20H,4,6,10-11H2,1H3,(H,18,19). The summed E-state index contributed by atoms with van der Waals surface area (Å²) in [6.45, 7) is 2.24. The Morgan fingerprint density at radius 3 is 2.90 bits per heavy atom. The van der Waals surface area contributed by atoms with E-state index in [9.17, 15) is 9.90 Å². The van der Waals surface area contributed by atoms with Gasteiger partial charge in [0.05, 0.1) is 11.4 Å². The predicted molar refractivity (Wildman–Crippen MR) is 84.7 cm³/mol. The molecule has 1 unspecified atom stereocenters. The van der Waals surface area contributed by atoms with Crippen LogP contribution in [0.2, 0.25) is 0 Å². The quantitative estimate of drug-likeness (QED) is 0.915. The van der Waals surface area contributed by atoms with Gasteiger partial charge in [-0.2, -0.15) is 0 Å². The minimum absolute atomic E-state index is 0.107. The van der Waals surface area contributed by atoms with E-state index in [1.54, 1.807) is 0 Å². The summed E-state index contributed by atoms with van der Waals surface area (Å²) in [6.07, 6.45) is 2.63. The van der Waals surface area contributed by atoms with E-state index in [4.69, 9.17) is 0 Å². The first-order valence-electron chi connectivity index (χ1n) is 7.24. The Hall–Kier alpha value is -1.65. The highest BCUT2D eigenvalue weighted by atomic mass is 32.1. The third-order valence-electron chi connectivity index (χ3n) is 4.06. The number of rotatable bonds is 3. The van der Waals surface area contributed by atoms with Crippen molar-refractivity contribution in [3.8, 4) is 0 Å². The van der Waals surface area contributed by atoms with Gasteiger partial charge in [0.15, 0.2) is 0 Å². The predicted octanol–water partition coefficient (Wildman–Crippen LogP) is 3.01. The molecule has 0 bridgehead atoms. The van der Waals surface area contributed by atoms with Crippen LogP contribution in [0.5, 0.6) is 0 Å². The molecule has 110 valence electrons. The van der Waals surface area contributed by atoms with Gasteiger partial charge in [0.25, 0.3) is 5.91 Å². The molecule has 4 heteroatoms. The highest BCUT2D eigenvalue weighted by molar-refractivity contribution is 7.13. The van der Waals surface area contributed by atoms with Crippen molar-refractivity contribution in [3.63, 3.8) is 0 Å². The highest BCUT2D eigenvalue weighted by Gasteiger charge is 2.34. The maximum atomic E-state index is 12.1. The Kier molecular flexibility index (Phi) is 3.83. The Morgan fingerprint density at radius 1 is 1.33 bits per heavy atom. The summed E-state index contributed by atoms with van der Waals surface area (Å²) < 4.78 is 0. The van der Waals surface area contributed by atoms with Crippen molar-refractivity contribution in [3.05, 3.63) is 57.3 Å². The summed E-state index contributed by atoms with van der Waals surface area (Å²) in [7, 11) is 0. The van der Waals surface area contributed by atoms with Crippen molar-refractivity contribution in [1.82, 2.24) is 5.32 Å². The van der Waals surface area contributed by atoms with Gasteiger partial charge >= 0.3 is 0 Å². The van der Waals surface area contributed by atoms with Crippen LogP contribution < -0.4 is 5.32 Å². The number of thiophene rings is 1. The number of aliphatic hydroxyl groups is 1. The Bertz CT molecular complexity index is 664. The minimum atomic E-state index is -0.948. The lowest BCUT2D eigenvalue weighted by Crippen LogP contribution is -2.42. The van der Waals surface area contributed by atoms with E-state index in [2.05, 4.69) is 11.4 Å². The smallest absolute Gasteiger partial charge is 0.261 e. The maximum absolute atomic E-state index is 12.1. The Balaban J connectivity index is 1.74. The lowest BCUT2D eigenvalue weighted by molar-refractivity contribution is 0.0190. The van der Waals surface area contributed by atoms with E-state index in [0.717, 1.165) is 23.3 Å². The van der Waals surface area contributed by atoms with Crippen LogP contribution in [0.25, 0.3) is 0 Å². The van der Waals surface area contributed by atoms with E-state index in [-0.39, 0.29) is 12.5 Å². The molecule has 2 aromatic rings. The number of amides is 1. The molecule has 0 aliphatic heterocycles. The average molecular weight is 301 g/mol. The van der Waals surface area contributed by atoms with Crippen LogP contribution in [0.15, 0.2) is 36.4 Å². The third-order valence-corrected chi connectivity index (χ3v) is 5.06. The van der Waals surface area contributed by atoms with Crippen LogP contribution in [0.4, 0.5) is 0 Å². The molecule has 2 N–H and O–H groups in total. The van der Waals surface area contributed by atoms with Gasteiger partial charge in [-0.1, -0.05) is 24.3 Å². The van der Waals surface area contributed by atoms with Crippen molar-refractivity contribution in [1.29, 1.82) is 0 Å². The summed E-state index contributed by atoms with van der Waals surface area (Å²) >= 11 is 1.47. The molecule has 1 amide bonds. The molecular weight excluding hydrogens is 282 g/mol. The largest absolute Gasteiger partial charge is 0.383 e. The number of hydrogen-bond donors (Lipinski definition) is 2. The normalized spacial score (nSPS) is 20.9. The molecule has 21 heavy (non-hydrogen) atoms. The second-order valence-electron chi connectivity index (χ2n) is 5.64. The Labute approximate surface area is 128 Å². The molecule has 0 fully saturated rings. The zero-order chi connectivity index (χ0) is 14.9. The lowest BCUT2D eigenvalue weighted by Gasteiger charge is -2.34. The molecule has 1 aliphatic carbocycles. The molecule has 3 nitrogen and oxygen atoms in total. The van der Waals surface area contributed by atoms with E-state index >= 15 is 0 Å². The number of hydrogen-bond acceptors (Lipinski definition) is 3. The number of carbonyl (C=O) groups is 1. The van der Waals surface area contributed by atoms with Gasteiger partial charge in [-0.25, -0.2) is 0 Å². The lowest BCUT2D eigenvalue weighted by atomic mass is 9.79. The third kappa shape index (κ3) is 2.87. The van der Waals surface area contributed by atoms with Crippen molar-refractivity contribution >= 4 is 17.2 Å². The molecule has 0 radical (unpaired) electrons. The maximum Gasteiger partial charge on any atom is 0.261 e. The second kappa shape index (κ2) is 5.62. The fourth-order valence-corrected chi connectivity index (χ4v) is 3.74. The van der Waals surface area contributed by atoms with Crippen LogP contribution in [-0.4, -0.2) is 17.6 Å². The summed E-state index contributed by atoms with van der Waals surface area (Å²) in [4.78, 5) is 14.0. The van der Waals surface area contributed by atoms with Gasteiger partial charge in [-0.05, 0) is 49.4 Å². The molecule has 0 saturated carbocycles. The number of fused-ring (bicyclic) bond motifs is 1. The first kappa shape index (κ1) is 14.3. The molecule has 1 aromatic heterocycles. The SMILES string of the molecule is Cc1ccc(C(=O)NCC2(O)CCCc3ccccc32)s1. The summed E-state index contributed by atoms with van der Waals surface area (Å²) in [5.74, 6) is -0.107. The van der Waals surface area contributed by atoms with Gasteiger partial charge in [0.2, 0.25) is 0 Å². The van der Waals surface area contributed by atoms with Crippen LogP contribution in [0.3, 0.4) is 0 Å². The minimum Gasteiger partial charge on any atom is -0.383 e. The van der Waals surface area contributed by atoms with Crippen molar-refractivity contribution < 1.29 is 9.90 Å². The monoisotopic (exact) mass is 301 g/mol. The summed E-state index contributed by atoms with van der Waals surface area (Å²) in [5.41, 5.74) is 1.20. The zero-order valence-electron chi connectivity index (χ0n) is 12.1. The van der Waals surface area contributed by atoms with E-state index in [1.165, 1.54) is 16.9 Å². The van der Waals surface area contributed by atoms with Gasteiger partial charge in [0, 0.05) is 4.88 Å². The first-order chi connectivity index (χ1) is 10.1. The fraction of sp³-hybridized carbons (Fsp3) is 0.353. The first-order valence-corrected chi connectivity index (χ1v) is 8.05. The van der Waals surface area contributed by atoms with Gasteiger partial charge in [0.1, 0.15) is 5.60 Å². The van der Waals surface area contributed by atoms with Crippen LogP contribution in [0, 0.1) is 6.92 Å². The van der Waals surface area contributed by atoms with Gasteiger partial charge in [-0.15, -0.1) is 11.3 Å². The van der Waals surface area contributed by atoms with E-state index in [0.29, 0.717) is 11.3 Å². The average Bonchev–Trinajstić information content (AvgIpc) is 2.92. The number of benzene rings is 1. The van der Waals surface area contributed by atoms with Crippen molar-refractivity contribution in [2.75, 3.05) is 6.54 Å². The number of nitrogens with one attached hydrogen (secondary N) is 1. The van der Waals surface area contributed by atoms with E-state index < -0.39 is 5.60 Å². The molecule has 0 saturated heterocycles. The number of carbonyl (C=O) groups excluding carboxylic acids is 1. The number of aryl methyl sites for hydroxylation is 2. The van der Waals surface area contributed by atoms with Crippen LogP contribution in [-0.2, 0) is 12.0 Å². The molecule has 1 aromatic carbocycles. The zero-order valence-corrected chi connectivity index (χ0v) is 12.9. The fourth-order valence-electron chi connectivity index (χ4n) is 2.95. The van der Waals surface area contributed by atoms with Crippen molar-refractivity contribution in [2.24, 2.45) is 0 Å². The van der Waals surface area contributed by atoms with Crippen LogP contribution >= 0.6 is 11.3 Å². The molecule has 1 heterocycles. The molecular formula is C17H19NO2S. The molecule has 1 aliphatic rings.